The van der Waals surface area contributed by atoms with E-state index in [1.54, 1.807) is 23.0 Å². The van der Waals surface area contributed by atoms with Gasteiger partial charge in [0.2, 0.25) is 11.8 Å². The molecule has 0 saturated carbocycles. The molecule has 0 aliphatic rings. The second-order valence-corrected chi connectivity index (χ2v) is 5.84. The van der Waals surface area contributed by atoms with E-state index in [4.69, 9.17) is 4.42 Å². The van der Waals surface area contributed by atoms with Crippen molar-refractivity contribution in [3.63, 3.8) is 0 Å². The second kappa shape index (κ2) is 5.72. The number of alkyl halides is 1. The van der Waals surface area contributed by atoms with E-state index in [1.165, 1.54) is 12.1 Å². The first-order chi connectivity index (χ1) is 10.1. The van der Waals surface area contributed by atoms with Crippen molar-refractivity contribution in [2.24, 2.45) is 0 Å². The molecule has 0 radical (unpaired) electrons. The number of benzene rings is 1. The molecule has 0 amide bonds. The fourth-order valence-electron chi connectivity index (χ4n) is 1.74. The number of hydrogen-bond donors (Lipinski definition) is 0. The standard InChI is InChI=1S/C13H11BrFN5O/c1-8(14)11-6-20(19-16-11)7-12-17-18-13(21-12)9-2-4-10(15)5-3-9/h2-6,8H,7H2,1H3. The van der Waals surface area contributed by atoms with Crippen LogP contribution in [0.4, 0.5) is 4.39 Å². The normalized spacial score (nSPS) is 12.5. The molecule has 1 atom stereocenters. The Morgan fingerprint density at radius 1 is 1.24 bits per heavy atom. The summed E-state index contributed by atoms with van der Waals surface area (Å²) in [6.07, 6.45) is 1.81. The summed E-state index contributed by atoms with van der Waals surface area (Å²) in [5, 5.41) is 15.9. The van der Waals surface area contributed by atoms with Crippen molar-refractivity contribution < 1.29 is 8.81 Å². The van der Waals surface area contributed by atoms with Crippen molar-refractivity contribution in [3.05, 3.63) is 47.9 Å². The summed E-state index contributed by atoms with van der Waals surface area (Å²) in [5.41, 5.74) is 1.50. The quantitative estimate of drug-likeness (QED) is 0.675. The molecule has 0 fully saturated rings. The van der Waals surface area contributed by atoms with Gasteiger partial charge in [-0.2, -0.15) is 0 Å². The van der Waals surface area contributed by atoms with Crippen molar-refractivity contribution >= 4 is 15.9 Å². The third kappa shape index (κ3) is 3.15. The number of aromatic nitrogens is 5. The highest BCUT2D eigenvalue weighted by Crippen LogP contribution is 2.20. The minimum Gasteiger partial charge on any atom is -0.419 e. The maximum atomic E-state index is 12.9. The van der Waals surface area contributed by atoms with E-state index in [-0.39, 0.29) is 10.6 Å². The lowest BCUT2D eigenvalue weighted by atomic mass is 10.2. The van der Waals surface area contributed by atoms with Crippen molar-refractivity contribution in [2.45, 2.75) is 18.3 Å². The molecule has 0 bridgehead atoms. The summed E-state index contributed by atoms with van der Waals surface area (Å²) in [6.45, 7) is 2.30. The molecule has 1 aromatic carbocycles. The third-order valence-corrected chi connectivity index (χ3v) is 3.29. The Labute approximate surface area is 128 Å². The van der Waals surface area contributed by atoms with Gasteiger partial charge in [-0.15, -0.1) is 15.3 Å². The molecular weight excluding hydrogens is 341 g/mol. The second-order valence-electron chi connectivity index (χ2n) is 4.46. The molecule has 0 aliphatic heterocycles. The number of halogens is 2. The monoisotopic (exact) mass is 351 g/mol. The van der Waals surface area contributed by atoms with Crippen LogP contribution in [0.25, 0.3) is 11.5 Å². The van der Waals surface area contributed by atoms with Gasteiger partial charge in [0.25, 0.3) is 0 Å². The average Bonchev–Trinajstić information content (AvgIpc) is 3.10. The van der Waals surface area contributed by atoms with Gasteiger partial charge in [-0.05, 0) is 31.2 Å². The Balaban J connectivity index is 1.76. The van der Waals surface area contributed by atoms with E-state index in [9.17, 15) is 4.39 Å². The van der Waals surface area contributed by atoms with Crippen LogP contribution < -0.4 is 0 Å². The molecule has 3 aromatic rings. The van der Waals surface area contributed by atoms with Crippen molar-refractivity contribution in [1.82, 2.24) is 25.2 Å². The van der Waals surface area contributed by atoms with Crippen LogP contribution >= 0.6 is 15.9 Å². The Bertz CT molecular complexity index is 737. The van der Waals surface area contributed by atoms with E-state index in [0.29, 0.717) is 23.9 Å². The SMILES string of the molecule is CC(Br)c1cn(Cc2nnc(-c3ccc(F)cc3)o2)nn1. The molecule has 21 heavy (non-hydrogen) atoms. The van der Waals surface area contributed by atoms with Gasteiger partial charge in [-0.1, -0.05) is 21.1 Å². The van der Waals surface area contributed by atoms with Crippen molar-refractivity contribution in [1.29, 1.82) is 0 Å². The number of hydrogen-bond acceptors (Lipinski definition) is 5. The van der Waals surface area contributed by atoms with Gasteiger partial charge >= 0.3 is 0 Å². The molecular formula is C13H11BrFN5O. The third-order valence-electron chi connectivity index (χ3n) is 2.82. The lowest BCUT2D eigenvalue weighted by Gasteiger charge is -1.95. The predicted octanol–water partition coefficient (Wildman–Crippen LogP) is 2.97. The van der Waals surface area contributed by atoms with Crippen LogP contribution in [-0.4, -0.2) is 25.2 Å². The average molecular weight is 352 g/mol. The smallest absolute Gasteiger partial charge is 0.247 e. The van der Waals surface area contributed by atoms with Crippen LogP contribution in [-0.2, 0) is 6.54 Å². The fraction of sp³-hybridized carbons (Fsp3) is 0.231. The summed E-state index contributed by atoms with van der Waals surface area (Å²) in [5.74, 6) is 0.449. The zero-order chi connectivity index (χ0) is 14.8. The van der Waals surface area contributed by atoms with E-state index in [0.717, 1.165) is 5.69 Å². The molecule has 2 aromatic heterocycles. The van der Waals surface area contributed by atoms with Crippen LogP contribution in [0.15, 0.2) is 34.9 Å². The number of rotatable bonds is 4. The Kier molecular flexibility index (Phi) is 3.78. The van der Waals surface area contributed by atoms with E-state index in [1.807, 2.05) is 6.92 Å². The lowest BCUT2D eigenvalue weighted by Crippen LogP contribution is -2.00. The van der Waals surface area contributed by atoms with E-state index < -0.39 is 0 Å². The summed E-state index contributed by atoms with van der Waals surface area (Å²) in [7, 11) is 0. The van der Waals surface area contributed by atoms with E-state index >= 15 is 0 Å². The van der Waals surface area contributed by atoms with Gasteiger partial charge in [0.1, 0.15) is 12.4 Å². The molecule has 0 N–H and O–H groups in total. The lowest BCUT2D eigenvalue weighted by molar-refractivity contribution is 0.469. The zero-order valence-corrected chi connectivity index (χ0v) is 12.7. The molecule has 2 heterocycles. The molecule has 3 rings (SSSR count). The maximum Gasteiger partial charge on any atom is 0.247 e. The highest BCUT2D eigenvalue weighted by Gasteiger charge is 2.11. The molecule has 8 heteroatoms. The Hall–Kier alpha value is -2.09. The van der Waals surface area contributed by atoms with Crippen LogP contribution in [0.1, 0.15) is 23.3 Å². The molecule has 0 aliphatic carbocycles. The van der Waals surface area contributed by atoms with E-state index in [2.05, 4.69) is 36.4 Å². The fourth-order valence-corrected chi connectivity index (χ4v) is 1.95. The predicted molar refractivity (Wildman–Crippen MR) is 76.2 cm³/mol. The Morgan fingerprint density at radius 2 is 2.00 bits per heavy atom. The molecule has 108 valence electrons. The van der Waals surface area contributed by atoms with Crippen LogP contribution in [0, 0.1) is 5.82 Å². The van der Waals surface area contributed by atoms with Gasteiger partial charge in [0.05, 0.1) is 16.7 Å². The molecule has 1 unspecified atom stereocenters. The van der Waals surface area contributed by atoms with Crippen molar-refractivity contribution in [2.75, 3.05) is 0 Å². The molecule has 0 spiro atoms. The molecule has 0 saturated heterocycles. The first kappa shape index (κ1) is 13.9. The topological polar surface area (TPSA) is 69.6 Å². The highest BCUT2D eigenvalue weighted by molar-refractivity contribution is 9.09. The minimum absolute atomic E-state index is 0.128. The first-order valence-electron chi connectivity index (χ1n) is 6.24. The van der Waals surface area contributed by atoms with Gasteiger partial charge in [-0.25, -0.2) is 9.07 Å². The largest absolute Gasteiger partial charge is 0.419 e. The first-order valence-corrected chi connectivity index (χ1v) is 7.16. The van der Waals surface area contributed by atoms with Crippen molar-refractivity contribution in [3.8, 4) is 11.5 Å². The van der Waals surface area contributed by atoms with Gasteiger partial charge < -0.3 is 4.42 Å². The van der Waals surface area contributed by atoms with Gasteiger partial charge in [0, 0.05) is 5.56 Å². The zero-order valence-electron chi connectivity index (χ0n) is 11.1. The highest BCUT2D eigenvalue weighted by atomic mass is 79.9. The Morgan fingerprint density at radius 3 is 2.67 bits per heavy atom. The van der Waals surface area contributed by atoms with Gasteiger partial charge in [-0.3, -0.25) is 0 Å². The summed E-state index contributed by atoms with van der Waals surface area (Å²) in [6, 6.07) is 5.88. The van der Waals surface area contributed by atoms with Gasteiger partial charge in [0.15, 0.2) is 0 Å². The number of nitrogens with zero attached hydrogens (tertiary/aromatic N) is 5. The maximum absolute atomic E-state index is 12.9. The summed E-state index contributed by atoms with van der Waals surface area (Å²) < 4.78 is 20.0. The summed E-state index contributed by atoms with van der Waals surface area (Å²) >= 11 is 3.42. The minimum atomic E-state index is -0.308. The van der Waals surface area contributed by atoms with Crippen LogP contribution in [0.3, 0.4) is 0 Å². The molecule has 6 nitrogen and oxygen atoms in total. The summed E-state index contributed by atoms with van der Waals surface area (Å²) in [4.78, 5) is 0.128. The van der Waals surface area contributed by atoms with Crippen LogP contribution in [0.5, 0.6) is 0 Å². The van der Waals surface area contributed by atoms with Crippen LogP contribution in [0.2, 0.25) is 0 Å².